The average Bonchev–Trinajstić information content (AvgIpc) is 2.90. The molecule has 3 aromatic carbocycles. The number of carbonyl (C=O) groups is 3. The van der Waals surface area contributed by atoms with E-state index in [-0.39, 0.29) is 19.1 Å². The van der Waals surface area contributed by atoms with Gasteiger partial charge < -0.3 is 20.1 Å². The molecule has 0 aliphatic heterocycles. The maximum Gasteiger partial charge on any atom is 0.329 e. The summed E-state index contributed by atoms with van der Waals surface area (Å²) in [5.41, 5.74) is 6.24. The van der Waals surface area contributed by atoms with Gasteiger partial charge in [-0.3, -0.25) is 14.4 Å². The highest BCUT2D eigenvalue weighted by molar-refractivity contribution is 6.35. The van der Waals surface area contributed by atoms with Crippen LogP contribution in [-0.4, -0.2) is 37.1 Å². The van der Waals surface area contributed by atoms with Gasteiger partial charge in [0.25, 0.3) is 5.91 Å². The van der Waals surface area contributed by atoms with E-state index in [1.54, 1.807) is 30.3 Å². The third-order valence-corrected chi connectivity index (χ3v) is 5.65. The number of rotatable bonds is 10. The van der Waals surface area contributed by atoms with Gasteiger partial charge in [-0.05, 0) is 67.8 Å². The van der Waals surface area contributed by atoms with E-state index in [1.807, 2.05) is 51.1 Å². The maximum absolute atomic E-state index is 12.3. The second-order valence-corrected chi connectivity index (χ2v) is 8.71. The van der Waals surface area contributed by atoms with Crippen molar-refractivity contribution in [3.63, 3.8) is 0 Å². The van der Waals surface area contributed by atoms with Crippen LogP contribution >= 0.6 is 11.6 Å². The number of hydrazone groups is 1. The molecule has 0 spiro atoms. The van der Waals surface area contributed by atoms with E-state index in [2.05, 4.69) is 21.2 Å². The van der Waals surface area contributed by atoms with Gasteiger partial charge in [0.05, 0.1) is 12.8 Å². The number of anilines is 1. The number of benzene rings is 3. The van der Waals surface area contributed by atoms with Crippen LogP contribution in [0.4, 0.5) is 5.69 Å². The second-order valence-electron chi connectivity index (χ2n) is 8.31. The van der Waals surface area contributed by atoms with Crippen LogP contribution in [-0.2, 0) is 20.9 Å². The van der Waals surface area contributed by atoms with Gasteiger partial charge in [-0.2, -0.15) is 5.10 Å². The first-order valence-corrected chi connectivity index (χ1v) is 12.3. The normalized spacial score (nSPS) is 10.6. The third-order valence-electron chi connectivity index (χ3n) is 5.24. The lowest BCUT2D eigenvalue weighted by Gasteiger charge is -2.13. The van der Waals surface area contributed by atoms with Crippen molar-refractivity contribution in [3.8, 4) is 11.5 Å². The predicted octanol–water partition coefficient (Wildman–Crippen LogP) is 4.14. The molecular formula is C28H29ClN4O5. The van der Waals surface area contributed by atoms with E-state index >= 15 is 0 Å². The van der Waals surface area contributed by atoms with E-state index in [0.717, 1.165) is 16.7 Å². The number of ether oxygens (including phenoxy) is 2. The fourth-order valence-electron chi connectivity index (χ4n) is 3.19. The minimum atomic E-state index is -0.890. The molecular weight excluding hydrogens is 508 g/mol. The highest BCUT2D eigenvalue weighted by Crippen LogP contribution is 2.28. The molecule has 3 N–H and O–H groups in total. The number of nitrogens with one attached hydrogen (secondary N) is 3. The molecule has 0 atom stereocenters. The number of halogens is 1. The second kappa shape index (κ2) is 13.8. The monoisotopic (exact) mass is 536 g/mol. The summed E-state index contributed by atoms with van der Waals surface area (Å²) in [6, 6.07) is 17.8. The van der Waals surface area contributed by atoms with Crippen LogP contribution in [0.15, 0.2) is 65.8 Å². The Hall–Kier alpha value is -4.37. The molecule has 0 radical (unpaired) electrons. The molecule has 0 bridgehead atoms. The lowest BCUT2D eigenvalue weighted by Crippen LogP contribution is -2.37. The van der Waals surface area contributed by atoms with E-state index in [1.165, 1.54) is 6.21 Å². The van der Waals surface area contributed by atoms with Gasteiger partial charge in [0.15, 0.2) is 18.1 Å². The number of hydrogen-bond donors (Lipinski definition) is 3. The van der Waals surface area contributed by atoms with Crippen LogP contribution < -0.4 is 25.5 Å². The quantitative estimate of drug-likeness (QED) is 0.204. The van der Waals surface area contributed by atoms with E-state index in [0.29, 0.717) is 34.4 Å². The molecule has 3 amide bonds. The van der Waals surface area contributed by atoms with Gasteiger partial charge in [0.2, 0.25) is 0 Å². The van der Waals surface area contributed by atoms with Crippen LogP contribution in [0.25, 0.3) is 0 Å². The summed E-state index contributed by atoms with van der Waals surface area (Å²) < 4.78 is 11.3. The zero-order chi connectivity index (χ0) is 27.5. The Balaban J connectivity index is 1.52. The molecule has 198 valence electrons. The van der Waals surface area contributed by atoms with Crippen molar-refractivity contribution >= 4 is 41.2 Å². The molecule has 0 fully saturated rings. The molecule has 0 saturated heterocycles. The smallest absolute Gasteiger partial charge is 0.329 e. The van der Waals surface area contributed by atoms with Crippen molar-refractivity contribution in [3.05, 3.63) is 87.9 Å². The fourth-order valence-corrected chi connectivity index (χ4v) is 3.37. The molecule has 9 nitrogen and oxygen atoms in total. The number of carbonyl (C=O) groups excluding carboxylic acids is 3. The standard InChI is InChI=1S/C28H29ClN4O5/c1-4-37-25-13-21(16-31-33-28(36)27(35)30-15-20-8-5-18(2)6-9-20)10-12-24(25)38-17-26(34)32-22-11-7-19(3)23(29)14-22/h5-14,16H,4,15,17H2,1-3H3,(H,30,35)(H,32,34)(H,33,36)/b31-16-. The Morgan fingerprint density at radius 2 is 1.68 bits per heavy atom. The van der Waals surface area contributed by atoms with Gasteiger partial charge in [0.1, 0.15) is 0 Å². The maximum atomic E-state index is 12.3. The summed E-state index contributed by atoms with van der Waals surface area (Å²) in [5, 5.41) is 9.66. The Morgan fingerprint density at radius 1 is 0.921 bits per heavy atom. The van der Waals surface area contributed by atoms with Crippen LogP contribution in [0.5, 0.6) is 11.5 Å². The minimum Gasteiger partial charge on any atom is -0.490 e. The number of nitrogens with zero attached hydrogens (tertiary/aromatic N) is 1. The Bertz CT molecular complexity index is 1330. The largest absolute Gasteiger partial charge is 0.490 e. The Morgan fingerprint density at radius 3 is 2.39 bits per heavy atom. The minimum absolute atomic E-state index is 0.228. The Kier molecular flexibility index (Phi) is 10.2. The lowest BCUT2D eigenvalue weighted by atomic mass is 10.1. The molecule has 0 aliphatic carbocycles. The molecule has 0 saturated carbocycles. The summed E-state index contributed by atoms with van der Waals surface area (Å²) in [6.07, 6.45) is 1.37. The van der Waals surface area contributed by atoms with Crippen molar-refractivity contribution in [2.24, 2.45) is 5.10 Å². The molecule has 0 aliphatic rings. The predicted molar refractivity (Wildman–Crippen MR) is 147 cm³/mol. The SMILES string of the molecule is CCOc1cc(/C=N\NC(=O)C(=O)NCc2ccc(C)cc2)ccc1OCC(=O)Nc1ccc(C)c(Cl)c1. The molecule has 3 aromatic rings. The molecule has 0 aromatic heterocycles. The zero-order valence-electron chi connectivity index (χ0n) is 21.3. The van der Waals surface area contributed by atoms with E-state index < -0.39 is 11.8 Å². The van der Waals surface area contributed by atoms with Crippen LogP contribution in [0.3, 0.4) is 0 Å². The molecule has 38 heavy (non-hydrogen) atoms. The van der Waals surface area contributed by atoms with Crippen LogP contribution in [0.1, 0.15) is 29.2 Å². The number of aryl methyl sites for hydroxylation is 2. The topological polar surface area (TPSA) is 118 Å². The first-order valence-electron chi connectivity index (χ1n) is 11.9. The fraction of sp³-hybridized carbons (Fsp3) is 0.214. The molecule has 3 rings (SSSR count). The van der Waals surface area contributed by atoms with E-state index in [4.69, 9.17) is 21.1 Å². The third kappa shape index (κ3) is 8.63. The first-order chi connectivity index (χ1) is 18.2. The van der Waals surface area contributed by atoms with Crippen LogP contribution in [0.2, 0.25) is 5.02 Å². The van der Waals surface area contributed by atoms with Crippen molar-refractivity contribution < 1.29 is 23.9 Å². The average molecular weight is 537 g/mol. The van der Waals surface area contributed by atoms with Gasteiger partial charge in [-0.1, -0.05) is 47.5 Å². The van der Waals surface area contributed by atoms with Crippen molar-refractivity contribution in [1.82, 2.24) is 10.7 Å². The zero-order valence-corrected chi connectivity index (χ0v) is 22.1. The van der Waals surface area contributed by atoms with Crippen molar-refractivity contribution in [2.75, 3.05) is 18.5 Å². The van der Waals surface area contributed by atoms with Crippen molar-refractivity contribution in [2.45, 2.75) is 27.3 Å². The van der Waals surface area contributed by atoms with Gasteiger partial charge in [-0.25, -0.2) is 5.43 Å². The molecule has 0 heterocycles. The number of hydrogen-bond acceptors (Lipinski definition) is 6. The lowest BCUT2D eigenvalue weighted by molar-refractivity contribution is -0.139. The van der Waals surface area contributed by atoms with Crippen molar-refractivity contribution in [1.29, 1.82) is 0 Å². The summed E-state index contributed by atoms with van der Waals surface area (Å²) in [4.78, 5) is 36.3. The summed E-state index contributed by atoms with van der Waals surface area (Å²) in [5.74, 6) is -1.29. The first kappa shape index (κ1) is 28.2. The summed E-state index contributed by atoms with van der Waals surface area (Å²) >= 11 is 6.10. The van der Waals surface area contributed by atoms with Crippen LogP contribution in [0, 0.1) is 13.8 Å². The highest BCUT2D eigenvalue weighted by atomic mass is 35.5. The van der Waals surface area contributed by atoms with Gasteiger partial charge >= 0.3 is 11.8 Å². The number of amides is 3. The highest BCUT2D eigenvalue weighted by Gasteiger charge is 2.13. The van der Waals surface area contributed by atoms with Gasteiger partial charge in [0, 0.05) is 17.3 Å². The summed E-state index contributed by atoms with van der Waals surface area (Å²) in [7, 11) is 0. The Labute approximate surface area is 226 Å². The molecule has 0 unspecified atom stereocenters. The summed E-state index contributed by atoms with van der Waals surface area (Å²) in [6.45, 7) is 6.00. The van der Waals surface area contributed by atoms with Gasteiger partial charge in [-0.15, -0.1) is 0 Å². The van der Waals surface area contributed by atoms with E-state index in [9.17, 15) is 14.4 Å². The molecule has 10 heteroatoms.